The van der Waals surface area contributed by atoms with Crippen molar-refractivity contribution < 1.29 is 9.53 Å². The van der Waals surface area contributed by atoms with Crippen LogP contribution >= 0.6 is 0 Å². The van der Waals surface area contributed by atoms with Crippen molar-refractivity contribution in [2.45, 2.75) is 18.6 Å². The van der Waals surface area contributed by atoms with E-state index >= 15 is 0 Å². The van der Waals surface area contributed by atoms with Gasteiger partial charge in [-0.2, -0.15) is 0 Å². The molecule has 2 saturated heterocycles. The van der Waals surface area contributed by atoms with Gasteiger partial charge in [-0.3, -0.25) is 9.78 Å². The maximum absolute atomic E-state index is 12.0. The summed E-state index contributed by atoms with van der Waals surface area (Å²) in [4.78, 5) is 21.8. The van der Waals surface area contributed by atoms with Gasteiger partial charge in [0.1, 0.15) is 5.69 Å². The number of likely N-dealkylation sites (tertiary alicyclic amines) is 1. The van der Waals surface area contributed by atoms with Gasteiger partial charge >= 0.3 is 0 Å². The molecule has 0 aliphatic carbocycles. The lowest BCUT2D eigenvalue weighted by molar-refractivity contribution is 0.0255. The van der Waals surface area contributed by atoms with E-state index in [0.717, 1.165) is 6.42 Å². The second kappa shape index (κ2) is 3.27. The Bertz CT molecular complexity index is 382. The summed E-state index contributed by atoms with van der Waals surface area (Å²) in [6.45, 7) is 1.36. The second-order valence-corrected chi connectivity index (χ2v) is 3.89. The first-order chi connectivity index (χ1) is 7.34. The molecule has 2 fully saturated rings. The number of morpholine rings is 1. The fourth-order valence-electron chi connectivity index (χ4n) is 2.21. The molecule has 2 atom stereocenters. The summed E-state index contributed by atoms with van der Waals surface area (Å²) in [5.74, 6) is -0.0288. The second-order valence-electron chi connectivity index (χ2n) is 3.89. The van der Waals surface area contributed by atoms with Gasteiger partial charge in [0.2, 0.25) is 0 Å². The van der Waals surface area contributed by atoms with Crippen LogP contribution in [0, 0.1) is 0 Å². The summed E-state index contributed by atoms with van der Waals surface area (Å²) >= 11 is 0. The molecule has 2 unspecified atom stereocenters. The highest BCUT2D eigenvalue weighted by Crippen LogP contribution is 2.28. The van der Waals surface area contributed by atoms with E-state index in [1.807, 2.05) is 4.90 Å². The van der Waals surface area contributed by atoms with Crippen LogP contribution in [0.3, 0.4) is 0 Å². The van der Waals surface area contributed by atoms with E-state index in [-0.39, 0.29) is 18.1 Å². The minimum atomic E-state index is -0.0288. The summed E-state index contributed by atoms with van der Waals surface area (Å²) in [7, 11) is 0. The molecule has 2 bridgehead atoms. The van der Waals surface area contributed by atoms with Crippen molar-refractivity contribution in [2.24, 2.45) is 0 Å². The van der Waals surface area contributed by atoms with Crippen molar-refractivity contribution in [1.82, 2.24) is 14.9 Å². The molecule has 0 N–H and O–H groups in total. The predicted molar refractivity (Wildman–Crippen MR) is 51.2 cm³/mol. The van der Waals surface area contributed by atoms with Crippen LogP contribution in [0.2, 0.25) is 0 Å². The average molecular weight is 205 g/mol. The van der Waals surface area contributed by atoms with Gasteiger partial charge in [0, 0.05) is 18.9 Å². The number of amides is 1. The molecular weight excluding hydrogens is 194 g/mol. The van der Waals surface area contributed by atoms with Crippen molar-refractivity contribution in [1.29, 1.82) is 0 Å². The molecule has 1 aromatic heterocycles. The van der Waals surface area contributed by atoms with Crippen LogP contribution in [0.15, 0.2) is 18.6 Å². The molecule has 0 aromatic carbocycles. The SMILES string of the molecule is O=C(c1cnccn1)N1CC2CC1CO2. The Morgan fingerprint density at radius 3 is 3.07 bits per heavy atom. The molecule has 1 amide bonds. The number of fused-ring (bicyclic) bond motifs is 2. The molecule has 78 valence electrons. The van der Waals surface area contributed by atoms with Gasteiger partial charge in [-0.25, -0.2) is 4.98 Å². The van der Waals surface area contributed by atoms with Gasteiger partial charge < -0.3 is 9.64 Å². The number of carbonyl (C=O) groups is 1. The van der Waals surface area contributed by atoms with Crippen LogP contribution in [-0.2, 0) is 4.74 Å². The van der Waals surface area contributed by atoms with E-state index in [0.29, 0.717) is 18.8 Å². The van der Waals surface area contributed by atoms with Gasteiger partial charge in [0.25, 0.3) is 5.91 Å². The summed E-state index contributed by atoms with van der Waals surface area (Å²) in [5.41, 5.74) is 0.421. The van der Waals surface area contributed by atoms with Gasteiger partial charge in [-0.05, 0) is 6.42 Å². The van der Waals surface area contributed by atoms with Crippen LogP contribution in [-0.4, -0.2) is 46.1 Å². The Labute approximate surface area is 87.1 Å². The van der Waals surface area contributed by atoms with Crippen LogP contribution in [0.5, 0.6) is 0 Å². The molecule has 2 aliphatic heterocycles. The topological polar surface area (TPSA) is 55.3 Å². The van der Waals surface area contributed by atoms with E-state index in [1.54, 1.807) is 6.20 Å². The van der Waals surface area contributed by atoms with E-state index in [2.05, 4.69) is 9.97 Å². The molecule has 3 heterocycles. The molecule has 3 rings (SSSR count). The monoisotopic (exact) mass is 205 g/mol. The quantitative estimate of drug-likeness (QED) is 0.652. The number of rotatable bonds is 1. The molecular formula is C10H11N3O2. The average Bonchev–Trinajstić information content (AvgIpc) is 2.91. The fourth-order valence-corrected chi connectivity index (χ4v) is 2.21. The van der Waals surface area contributed by atoms with Gasteiger partial charge in [-0.1, -0.05) is 0 Å². The first-order valence-electron chi connectivity index (χ1n) is 5.03. The van der Waals surface area contributed by atoms with Crippen LogP contribution in [0.4, 0.5) is 0 Å². The summed E-state index contributed by atoms with van der Waals surface area (Å²) < 4.78 is 5.44. The van der Waals surface area contributed by atoms with Crippen LogP contribution in [0.25, 0.3) is 0 Å². The minimum absolute atomic E-state index is 0.0288. The number of aromatic nitrogens is 2. The molecule has 2 aliphatic rings. The van der Waals surface area contributed by atoms with Crippen molar-refractivity contribution in [3.63, 3.8) is 0 Å². The lowest BCUT2D eigenvalue weighted by Crippen LogP contribution is -2.41. The normalized spacial score (nSPS) is 28.4. The third kappa shape index (κ3) is 1.39. The third-order valence-corrected chi connectivity index (χ3v) is 2.94. The minimum Gasteiger partial charge on any atom is -0.374 e. The van der Waals surface area contributed by atoms with Crippen LogP contribution < -0.4 is 0 Å². The highest BCUT2D eigenvalue weighted by atomic mass is 16.5. The Balaban J connectivity index is 1.81. The highest BCUT2D eigenvalue weighted by molar-refractivity contribution is 5.92. The number of hydrogen-bond acceptors (Lipinski definition) is 4. The standard InChI is InChI=1S/C10H11N3O2/c14-10(9-4-11-1-2-12-9)13-5-8-3-7(13)6-15-8/h1-2,4,7-8H,3,5-6H2. The number of hydrogen-bond donors (Lipinski definition) is 0. The van der Waals surface area contributed by atoms with Crippen molar-refractivity contribution >= 4 is 5.91 Å². The van der Waals surface area contributed by atoms with Crippen molar-refractivity contribution in [3.05, 3.63) is 24.3 Å². The Hall–Kier alpha value is -1.49. The maximum Gasteiger partial charge on any atom is 0.274 e. The number of nitrogens with zero attached hydrogens (tertiary/aromatic N) is 3. The van der Waals surface area contributed by atoms with Gasteiger partial charge in [-0.15, -0.1) is 0 Å². The molecule has 5 heteroatoms. The van der Waals surface area contributed by atoms with E-state index < -0.39 is 0 Å². The first kappa shape index (κ1) is 8.79. The molecule has 5 nitrogen and oxygen atoms in total. The Morgan fingerprint density at radius 2 is 2.47 bits per heavy atom. The van der Waals surface area contributed by atoms with Gasteiger partial charge in [0.05, 0.1) is 24.9 Å². The van der Waals surface area contributed by atoms with Crippen molar-refractivity contribution in [2.75, 3.05) is 13.2 Å². The lowest BCUT2D eigenvalue weighted by Gasteiger charge is -2.26. The number of carbonyl (C=O) groups excluding carboxylic acids is 1. The van der Waals surface area contributed by atoms with E-state index in [1.165, 1.54) is 12.4 Å². The maximum atomic E-state index is 12.0. The number of ether oxygens (including phenoxy) is 1. The van der Waals surface area contributed by atoms with E-state index in [4.69, 9.17) is 4.74 Å². The zero-order valence-corrected chi connectivity index (χ0v) is 8.17. The third-order valence-electron chi connectivity index (χ3n) is 2.94. The highest BCUT2D eigenvalue weighted by Gasteiger charge is 2.41. The lowest BCUT2D eigenvalue weighted by atomic mass is 10.2. The summed E-state index contributed by atoms with van der Waals surface area (Å²) in [6.07, 6.45) is 5.81. The smallest absolute Gasteiger partial charge is 0.274 e. The van der Waals surface area contributed by atoms with E-state index in [9.17, 15) is 4.79 Å². The van der Waals surface area contributed by atoms with Crippen molar-refractivity contribution in [3.8, 4) is 0 Å². The first-order valence-corrected chi connectivity index (χ1v) is 5.03. The molecule has 1 aromatic rings. The van der Waals surface area contributed by atoms with Crippen LogP contribution in [0.1, 0.15) is 16.9 Å². The summed E-state index contributed by atoms with van der Waals surface area (Å²) in [6, 6.07) is 0.240. The molecule has 0 spiro atoms. The summed E-state index contributed by atoms with van der Waals surface area (Å²) in [5, 5.41) is 0. The largest absolute Gasteiger partial charge is 0.374 e. The van der Waals surface area contributed by atoms with Gasteiger partial charge in [0.15, 0.2) is 0 Å². The fraction of sp³-hybridized carbons (Fsp3) is 0.500. The molecule has 15 heavy (non-hydrogen) atoms. The molecule has 0 saturated carbocycles. The molecule has 0 radical (unpaired) electrons. The zero-order valence-electron chi connectivity index (χ0n) is 8.17. The zero-order chi connectivity index (χ0) is 10.3. The Kier molecular flexibility index (Phi) is 1.92. The Morgan fingerprint density at radius 1 is 1.53 bits per heavy atom. The predicted octanol–water partition coefficient (Wildman–Crippen LogP) is 0.0899.